The second-order valence-electron chi connectivity index (χ2n) is 6.48. The molecule has 0 radical (unpaired) electrons. The molecule has 0 fully saturated rings. The van der Waals surface area contributed by atoms with Crippen molar-refractivity contribution in [3.8, 4) is 17.1 Å². The molecule has 0 aliphatic heterocycles. The highest BCUT2D eigenvalue weighted by molar-refractivity contribution is 5.80. The van der Waals surface area contributed by atoms with Crippen LogP contribution in [0.25, 0.3) is 22.3 Å². The fraction of sp³-hybridized carbons (Fsp3) is 0.150. The maximum absolute atomic E-state index is 12.9. The lowest BCUT2D eigenvalue weighted by atomic mass is 10.2. The minimum absolute atomic E-state index is 0.0703. The monoisotopic (exact) mass is 407 g/mol. The number of benzene rings is 2. The fourth-order valence-corrected chi connectivity index (χ4v) is 3.13. The van der Waals surface area contributed by atoms with Crippen molar-refractivity contribution in [1.82, 2.24) is 19.3 Å². The smallest absolute Gasteiger partial charge is 0.332 e. The number of nitrogens with two attached hydrogens (primary N) is 1. The Kier molecular flexibility index (Phi) is 4.88. The lowest BCUT2D eigenvalue weighted by Crippen LogP contribution is -2.42. The summed E-state index contributed by atoms with van der Waals surface area (Å²) in [6.07, 6.45) is 0. The number of rotatable bonds is 6. The van der Waals surface area contributed by atoms with Gasteiger partial charge in [0.05, 0.1) is 18.0 Å². The summed E-state index contributed by atoms with van der Waals surface area (Å²) in [4.78, 5) is 41.5. The number of carbonyl (C=O) groups excluding carboxylic acids is 1. The highest BCUT2D eigenvalue weighted by Gasteiger charge is 2.17. The van der Waals surface area contributed by atoms with Crippen molar-refractivity contribution in [2.45, 2.75) is 13.1 Å². The molecule has 0 atom stereocenters. The minimum atomic E-state index is -0.702. The van der Waals surface area contributed by atoms with E-state index < -0.39 is 17.2 Å². The van der Waals surface area contributed by atoms with E-state index >= 15 is 0 Å². The van der Waals surface area contributed by atoms with Crippen LogP contribution in [0.1, 0.15) is 5.89 Å². The van der Waals surface area contributed by atoms with Crippen LogP contribution in [0.2, 0.25) is 0 Å². The predicted octanol–water partition coefficient (Wildman–Crippen LogP) is 0.755. The Morgan fingerprint density at radius 3 is 2.53 bits per heavy atom. The normalized spacial score (nSPS) is 11.0. The van der Waals surface area contributed by atoms with Gasteiger partial charge in [0.2, 0.25) is 17.6 Å². The average molecular weight is 407 g/mol. The van der Waals surface area contributed by atoms with Crippen LogP contribution in [0, 0.1) is 0 Å². The lowest BCUT2D eigenvalue weighted by molar-refractivity contribution is -0.118. The maximum Gasteiger partial charge on any atom is 0.332 e. The van der Waals surface area contributed by atoms with Gasteiger partial charge in [-0.1, -0.05) is 17.3 Å². The zero-order valence-corrected chi connectivity index (χ0v) is 15.9. The first kappa shape index (κ1) is 19.1. The number of hydrogen-bond donors (Lipinski definition) is 1. The van der Waals surface area contributed by atoms with E-state index in [1.807, 2.05) is 0 Å². The van der Waals surface area contributed by atoms with Crippen LogP contribution < -0.4 is 21.7 Å². The van der Waals surface area contributed by atoms with Crippen LogP contribution >= 0.6 is 0 Å². The molecule has 2 heterocycles. The van der Waals surface area contributed by atoms with Gasteiger partial charge in [0.15, 0.2) is 0 Å². The summed E-state index contributed by atoms with van der Waals surface area (Å²) in [6, 6.07) is 13.5. The topological polar surface area (TPSA) is 135 Å². The molecule has 0 aliphatic rings. The van der Waals surface area contributed by atoms with Crippen molar-refractivity contribution >= 4 is 16.8 Å². The van der Waals surface area contributed by atoms with Crippen LogP contribution in [-0.2, 0) is 17.9 Å². The van der Waals surface area contributed by atoms with E-state index in [4.69, 9.17) is 15.0 Å². The summed E-state index contributed by atoms with van der Waals surface area (Å²) in [5.74, 6) is 0.354. The van der Waals surface area contributed by atoms with Crippen molar-refractivity contribution in [3.05, 3.63) is 75.3 Å². The van der Waals surface area contributed by atoms with Crippen molar-refractivity contribution in [3.63, 3.8) is 0 Å². The molecule has 1 amide bonds. The third-order valence-corrected chi connectivity index (χ3v) is 4.56. The molecule has 4 aromatic rings. The summed E-state index contributed by atoms with van der Waals surface area (Å²) in [5, 5.41) is 4.18. The molecular weight excluding hydrogens is 390 g/mol. The number of para-hydroxylation sites is 1. The summed E-state index contributed by atoms with van der Waals surface area (Å²) >= 11 is 0. The van der Waals surface area contributed by atoms with Crippen LogP contribution in [-0.4, -0.2) is 32.3 Å². The molecular formula is C20H17N5O5. The highest BCUT2D eigenvalue weighted by Crippen LogP contribution is 2.19. The average Bonchev–Trinajstić information content (AvgIpc) is 3.23. The number of nitrogens with zero attached hydrogens (tertiary/aromatic N) is 4. The number of aromatic nitrogens is 4. The molecule has 10 heteroatoms. The van der Waals surface area contributed by atoms with Crippen molar-refractivity contribution in [2.24, 2.45) is 5.73 Å². The van der Waals surface area contributed by atoms with Gasteiger partial charge in [-0.3, -0.25) is 18.7 Å². The summed E-state index contributed by atoms with van der Waals surface area (Å²) in [5.41, 5.74) is 5.07. The molecule has 2 N–H and O–H groups in total. The van der Waals surface area contributed by atoms with Gasteiger partial charge in [-0.25, -0.2) is 4.79 Å². The van der Waals surface area contributed by atoms with Gasteiger partial charge in [-0.2, -0.15) is 4.98 Å². The molecule has 4 rings (SSSR count). The lowest BCUT2D eigenvalue weighted by Gasteiger charge is -2.11. The second kappa shape index (κ2) is 7.66. The molecule has 0 saturated heterocycles. The number of methoxy groups -OCH3 is 1. The Hall–Kier alpha value is -4.21. The molecule has 30 heavy (non-hydrogen) atoms. The van der Waals surface area contributed by atoms with Gasteiger partial charge in [-0.15, -0.1) is 0 Å². The predicted molar refractivity (Wildman–Crippen MR) is 107 cm³/mol. The minimum Gasteiger partial charge on any atom is -0.497 e. The van der Waals surface area contributed by atoms with Crippen molar-refractivity contribution in [1.29, 1.82) is 0 Å². The van der Waals surface area contributed by atoms with Crippen molar-refractivity contribution in [2.75, 3.05) is 7.11 Å². The zero-order valence-electron chi connectivity index (χ0n) is 15.9. The maximum atomic E-state index is 12.9. The van der Waals surface area contributed by atoms with E-state index in [0.29, 0.717) is 22.7 Å². The van der Waals surface area contributed by atoms with Gasteiger partial charge in [-0.05, 0) is 36.4 Å². The van der Waals surface area contributed by atoms with E-state index in [2.05, 4.69) is 10.1 Å². The summed E-state index contributed by atoms with van der Waals surface area (Å²) < 4.78 is 12.4. The van der Waals surface area contributed by atoms with Gasteiger partial charge in [0, 0.05) is 5.56 Å². The number of hydrogen-bond acceptors (Lipinski definition) is 7. The number of ether oxygens (including phenoxy) is 1. The molecule has 10 nitrogen and oxygen atoms in total. The molecule has 2 aromatic heterocycles. The zero-order chi connectivity index (χ0) is 21.3. The Morgan fingerprint density at radius 1 is 1.10 bits per heavy atom. The number of amides is 1. The van der Waals surface area contributed by atoms with E-state index in [1.54, 1.807) is 55.6 Å². The molecule has 2 aromatic carbocycles. The van der Waals surface area contributed by atoms with Gasteiger partial charge < -0.3 is 15.0 Å². The molecule has 0 aliphatic carbocycles. The molecule has 0 saturated carbocycles. The first-order valence-corrected chi connectivity index (χ1v) is 8.95. The van der Waals surface area contributed by atoms with E-state index in [-0.39, 0.29) is 24.4 Å². The molecule has 152 valence electrons. The van der Waals surface area contributed by atoms with Crippen LogP contribution in [0.5, 0.6) is 5.75 Å². The largest absolute Gasteiger partial charge is 0.497 e. The molecule has 0 unspecified atom stereocenters. The van der Waals surface area contributed by atoms with E-state index in [0.717, 1.165) is 9.13 Å². The quantitative estimate of drug-likeness (QED) is 0.498. The van der Waals surface area contributed by atoms with Gasteiger partial charge in [0.1, 0.15) is 18.8 Å². The number of fused-ring (bicyclic) bond motifs is 1. The van der Waals surface area contributed by atoms with Crippen molar-refractivity contribution < 1.29 is 14.1 Å². The van der Waals surface area contributed by atoms with Gasteiger partial charge >= 0.3 is 5.69 Å². The van der Waals surface area contributed by atoms with Crippen LogP contribution in [0.3, 0.4) is 0 Å². The van der Waals surface area contributed by atoms with E-state index in [1.165, 1.54) is 0 Å². The highest BCUT2D eigenvalue weighted by atomic mass is 16.5. The molecule has 0 spiro atoms. The number of carbonyl (C=O) groups is 1. The first-order chi connectivity index (χ1) is 14.5. The molecule has 0 bridgehead atoms. The third kappa shape index (κ3) is 3.46. The Balaban J connectivity index is 1.75. The summed E-state index contributed by atoms with van der Waals surface area (Å²) in [7, 11) is 1.56. The fourth-order valence-electron chi connectivity index (χ4n) is 3.13. The van der Waals surface area contributed by atoms with Crippen LogP contribution in [0.4, 0.5) is 0 Å². The standard InChI is InChI=1S/C20H17N5O5/c1-29-13-8-6-12(7-9-13)18-22-17(30-23-18)11-25-19(27)14-4-2-3-5-15(14)24(20(25)28)10-16(21)26/h2-9H,10-11H2,1H3,(H2,21,26). The number of primary amides is 1. The SMILES string of the molecule is COc1ccc(-c2noc(Cn3c(=O)c4ccccc4n(CC(N)=O)c3=O)n2)cc1. The second-order valence-corrected chi connectivity index (χ2v) is 6.48. The Morgan fingerprint density at radius 2 is 1.83 bits per heavy atom. The summed E-state index contributed by atoms with van der Waals surface area (Å²) in [6.45, 7) is -0.606. The van der Waals surface area contributed by atoms with Crippen LogP contribution in [0.15, 0.2) is 62.6 Å². The Bertz CT molecular complexity index is 1350. The van der Waals surface area contributed by atoms with Gasteiger partial charge in [0.25, 0.3) is 5.56 Å². The first-order valence-electron chi connectivity index (χ1n) is 8.95. The Labute approximate surface area is 169 Å². The van der Waals surface area contributed by atoms with E-state index in [9.17, 15) is 14.4 Å². The third-order valence-electron chi connectivity index (χ3n) is 4.56.